The standard InChI is InChI=1S/C13H13F3N2O2S/c1-9-8-21(19,20)5-4-18(9)11-2-3-12(13(14,15)16)10(6-11)7-17/h2-3,6,9H,4-5,8H2,1H3. The Morgan fingerprint density at radius 3 is 2.57 bits per heavy atom. The summed E-state index contributed by atoms with van der Waals surface area (Å²) in [5.74, 6) is -0.0871. The summed E-state index contributed by atoms with van der Waals surface area (Å²) >= 11 is 0. The molecule has 1 aromatic rings. The summed E-state index contributed by atoms with van der Waals surface area (Å²) in [5, 5.41) is 8.89. The van der Waals surface area contributed by atoms with E-state index in [-0.39, 0.29) is 24.1 Å². The van der Waals surface area contributed by atoms with Gasteiger partial charge < -0.3 is 4.90 Å². The summed E-state index contributed by atoms with van der Waals surface area (Å²) in [7, 11) is -3.11. The molecule has 114 valence electrons. The zero-order valence-electron chi connectivity index (χ0n) is 11.2. The molecule has 0 aliphatic carbocycles. The van der Waals surface area contributed by atoms with E-state index in [1.165, 1.54) is 6.07 Å². The van der Waals surface area contributed by atoms with Crippen LogP contribution in [0.5, 0.6) is 0 Å². The topological polar surface area (TPSA) is 61.2 Å². The fourth-order valence-electron chi connectivity index (χ4n) is 2.43. The largest absolute Gasteiger partial charge is 0.417 e. The Morgan fingerprint density at radius 2 is 2.05 bits per heavy atom. The number of alkyl halides is 3. The lowest BCUT2D eigenvalue weighted by molar-refractivity contribution is -0.137. The molecule has 21 heavy (non-hydrogen) atoms. The summed E-state index contributed by atoms with van der Waals surface area (Å²) in [6.45, 7) is 1.90. The van der Waals surface area contributed by atoms with Gasteiger partial charge in [0.1, 0.15) is 0 Å². The molecule has 0 saturated carbocycles. The van der Waals surface area contributed by atoms with Crippen LogP contribution in [0.25, 0.3) is 0 Å². The highest BCUT2D eigenvalue weighted by Gasteiger charge is 2.34. The number of nitrogens with zero attached hydrogens (tertiary/aromatic N) is 2. The summed E-state index contributed by atoms with van der Waals surface area (Å²) in [5.41, 5.74) is -1.01. The maximum Gasteiger partial charge on any atom is 0.417 e. The van der Waals surface area contributed by atoms with E-state index in [1.54, 1.807) is 17.9 Å². The lowest BCUT2D eigenvalue weighted by Gasteiger charge is -2.35. The zero-order valence-corrected chi connectivity index (χ0v) is 12.0. The number of halogens is 3. The van der Waals surface area contributed by atoms with Gasteiger partial charge >= 0.3 is 6.18 Å². The van der Waals surface area contributed by atoms with E-state index in [2.05, 4.69) is 0 Å². The molecule has 0 spiro atoms. The van der Waals surface area contributed by atoms with Crippen LogP contribution in [0.1, 0.15) is 18.1 Å². The Bertz CT molecular complexity index is 692. The average molecular weight is 318 g/mol. The molecule has 1 aliphatic heterocycles. The van der Waals surface area contributed by atoms with Crippen molar-refractivity contribution in [1.82, 2.24) is 0 Å². The van der Waals surface area contributed by atoms with Gasteiger partial charge in [-0.1, -0.05) is 0 Å². The molecule has 1 fully saturated rings. The maximum absolute atomic E-state index is 12.7. The van der Waals surface area contributed by atoms with Gasteiger partial charge in [-0.05, 0) is 25.1 Å². The molecule has 2 rings (SSSR count). The van der Waals surface area contributed by atoms with Crippen LogP contribution in [0.2, 0.25) is 0 Å². The minimum atomic E-state index is -4.58. The van der Waals surface area contributed by atoms with E-state index in [4.69, 9.17) is 5.26 Å². The van der Waals surface area contributed by atoms with Crippen LogP contribution in [-0.4, -0.2) is 32.5 Å². The molecular formula is C13H13F3N2O2S. The van der Waals surface area contributed by atoms with Gasteiger partial charge in [0, 0.05) is 18.3 Å². The summed E-state index contributed by atoms with van der Waals surface area (Å²) in [4.78, 5) is 1.71. The van der Waals surface area contributed by atoms with Crippen LogP contribution < -0.4 is 4.90 Å². The van der Waals surface area contributed by atoms with Crippen LogP contribution in [-0.2, 0) is 16.0 Å². The van der Waals surface area contributed by atoms with E-state index in [0.29, 0.717) is 5.69 Å². The number of hydrogen-bond acceptors (Lipinski definition) is 4. The van der Waals surface area contributed by atoms with Crippen molar-refractivity contribution in [2.24, 2.45) is 0 Å². The molecule has 0 radical (unpaired) electrons. The first kappa shape index (κ1) is 15.6. The number of hydrogen-bond donors (Lipinski definition) is 0. The van der Waals surface area contributed by atoms with Crippen molar-refractivity contribution >= 4 is 15.5 Å². The first-order chi connectivity index (χ1) is 9.64. The number of benzene rings is 1. The van der Waals surface area contributed by atoms with Crippen LogP contribution in [0.4, 0.5) is 18.9 Å². The van der Waals surface area contributed by atoms with E-state index in [9.17, 15) is 21.6 Å². The van der Waals surface area contributed by atoms with E-state index in [1.807, 2.05) is 0 Å². The molecule has 8 heteroatoms. The molecule has 1 aromatic carbocycles. The smallest absolute Gasteiger partial charge is 0.367 e. The van der Waals surface area contributed by atoms with Gasteiger partial charge in [0.05, 0.1) is 28.7 Å². The van der Waals surface area contributed by atoms with Gasteiger partial charge in [-0.15, -0.1) is 0 Å². The zero-order chi connectivity index (χ0) is 15.8. The molecule has 1 saturated heterocycles. The third-order valence-corrected chi connectivity index (χ3v) is 5.23. The summed E-state index contributed by atoms with van der Waals surface area (Å²) in [6, 6.07) is 4.51. The fraction of sp³-hybridized carbons (Fsp3) is 0.462. The molecule has 1 aliphatic rings. The molecule has 0 N–H and O–H groups in total. The van der Waals surface area contributed by atoms with E-state index < -0.39 is 27.1 Å². The maximum atomic E-state index is 12.7. The molecule has 1 unspecified atom stereocenters. The van der Waals surface area contributed by atoms with Crippen molar-refractivity contribution in [2.75, 3.05) is 23.0 Å². The molecule has 4 nitrogen and oxygen atoms in total. The first-order valence-electron chi connectivity index (χ1n) is 6.22. The first-order valence-corrected chi connectivity index (χ1v) is 8.04. The third kappa shape index (κ3) is 3.29. The van der Waals surface area contributed by atoms with Crippen molar-refractivity contribution in [3.8, 4) is 6.07 Å². The van der Waals surface area contributed by atoms with Crippen LogP contribution in [0, 0.1) is 11.3 Å². The molecule has 1 heterocycles. The minimum Gasteiger partial charge on any atom is -0.367 e. The van der Waals surface area contributed by atoms with Gasteiger partial charge in [0.2, 0.25) is 0 Å². The van der Waals surface area contributed by atoms with Gasteiger partial charge in [0.15, 0.2) is 9.84 Å². The van der Waals surface area contributed by atoms with E-state index in [0.717, 1.165) is 12.1 Å². The SMILES string of the molecule is CC1CS(=O)(=O)CCN1c1ccc(C(F)(F)F)c(C#N)c1. The quantitative estimate of drug-likeness (QED) is 0.796. The Morgan fingerprint density at radius 1 is 1.38 bits per heavy atom. The van der Waals surface area contributed by atoms with Crippen molar-refractivity contribution < 1.29 is 21.6 Å². The molecular weight excluding hydrogens is 305 g/mol. The summed E-state index contributed by atoms with van der Waals surface area (Å²) < 4.78 is 61.3. The molecule has 1 atom stereocenters. The van der Waals surface area contributed by atoms with Gasteiger partial charge in [0.25, 0.3) is 0 Å². The van der Waals surface area contributed by atoms with Crippen LogP contribution >= 0.6 is 0 Å². The van der Waals surface area contributed by atoms with Crippen LogP contribution in [0.3, 0.4) is 0 Å². The van der Waals surface area contributed by atoms with Gasteiger partial charge in [-0.25, -0.2) is 8.42 Å². The number of nitriles is 1. The molecule has 0 bridgehead atoms. The second-order valence-corrected chi connectivity index (χ2v) is 7.22. The second kappa shape index (κ2) is 5.22. The van der Waals surface area contributed by atoms with Gasteiger partial charge in [-0.3, -0.25) is 0 Å². The predicted octanol–water partition coefficient (Wildman–Crippen LogP) is 2.20. The lowest BCUT2D eigenvalue weighted by Crippen LogP contribution is -2.47. The van der Waals surface area contributed by atoms with Crippen molar-refractivity contribution in [2.45, 2.75) is 19.1 Å². The Hall–Kier alpha value is -1.75. The third-order valence-electron chi connectivity index (χ3n) is 3.43. The fourth-order valence-corrected chi connectivity index (χ4v) is 3.99. The number of anilines is 1. The lowest BCUT2D eigenvalue weighted by atomic mass is 10.1. The van der Waals surface area contributed by atoms with Gasteiger partial charge in [-0.2, -0.15) is 18.4 Å². The highest BCUT2D eigenvalue weighted by molar-refractivity contribution is 7.91. The van der Waals surface area contributed by atoms with E-state index >= 15 is 0 Å². The highest BCUT2D eigenvalue weighted by Crippen LogP contribution is 2.34. The Balaban J connectivity index is 2.37. The molecule has 0 aromatic heterocycles. The number of rotatable bonds is 1. The van der Waals surface area contributed by atoms with Crippen LogP contribution in [0.15, 0.2) is 18.2 Å². The Kier molecular flexibility index (Phi) is 3.89. The monoisotopic (exact) mass is 318 g/mol. The highest BCUT2D eigenvalue weighted by atomic mass is 32.2. The Labute approximate surface area is 120 Å². The van der Waals surface area contributed by atoms with Crippen molar-refractivity contribution in [3.05, 3.63) is 29.3 Å². The predicted molar refractivity (Wildman–Crippen MR) is 71.6 cm³/mol. The van der Waals surface area contributed by atoms with Crippen molar-refractivity contribution in [1.29, 1.82) is 5.26 Å². The molecule has 0 amide bonds. The second-order valence-electron chi connectivity index (χ2n) is 5.00. The normalized spacial score (nSPS) is 21.9. The summed E-state index contributed by atoms with van der Waals surface area (Å²) in [6.07, 6.45) is -4.58. The van der Waals surface area contributed by atoms with Crippen molar-refractivity contribution in [3.63, 3.8) is 0 Å². The minimum absolute atomic E-state index is 0.0414. The number of sulfone groups is 1. The average Bonchev–Trinajstić information content (AvgIpc) is 2.35.